The van der Waals surface area contributed by atoms with Gasteiger partial charge < -0.3 is 0 Å². The average molecular weight is 769 g/mol. The summed E-state index contributed by atoms with van der Waals surface area (Å²) >= 11 is 0. The normalized spacial score (nSPS) is 10.8. The van der Waals surface area contributed by atoms with Crippen LogP contribution in [0.4, 0.5) is 0 Å². The van der Waals surface area contributed by atoms with Crippen molar-refractivity contribution in [1.82, 2.24) is 0 Å². The van der Waals surface area contributed by atoms with Gasteiger partial charge in [-0.25, -0.2) is 0 Å². The number of rotatable bonds is 8. The van der Waals surface area contributed by atoms with Crippen LogP contribution < -0.4 is 73.3 Å². The summed E-state index contributed by atoms with van der Waals surface area (Å²) in [6.45, 7) is 0. The molecule has 4 heteroatoms. The van der Waals surface area contributed by atoms with Crippen LogP contribution in [0.15, 0.2) is 243 Å². The van der Waals surface area contributed by atoms with E-state index >= 15 is 0 Å². The molecular weight excluding hydrogens is 729 g/mol. The van der Waals surface area contributed by atoms with Crippen molar-refractivity contribution in [1.29, 1.82) is 0 Å². The molecule has 0 aromatic heterocycles. The van der Waals surface area contributed by atoms with Crippen molar-refractivity contribution in [3.8, 4) is 0 Å². The molecular formula is C48H40AgB2Na. The van der Waals surface area contributed by atoms with E-state index in [0.717, 1.165) is 0 Å². The largest absolute Gasteiger partial charge is 1.00 e. The third-order valence-electron chi connectivity index (χ3n) is 10.4. The predicted octanol–water partition coefficient (Wildman–Crippen LogP) is 3.13. The zero-order valence-electron chi connectivity index (χ0n) is 29.6. The minimum absolute atomic E-state index is 0. The van der Waals surface area contributed by atoms with Gasteiger partial charge in [0.15, 0.2) is 0 Å². The van der Waals surface area contributed by atoms with Crippen LogP contribution in [0.5, 0.6) is 0 Å². The molecule has 0 heterocycles. The predicted molar refractivity (Wildman–Crippen MR) is 220 cm³/mol. The van der Waals surface area contributed by atoms with Gasteiger partial charge in [0.25, 0.3) is 0 Å². The smallest absolute Gasteiger partial charge is 0.195 e. The van der Waals surface area contributed by atoms with Gasteiger partial charge in [0.2, 0.25) is 0 Å². The van der Waals surface area contributed by atoms with Crippen LogP contribution in [-0.2, 0) is 22.4 Å². The quantitative estimate of drug-likeness (QED) is 0.209. The second-order valence-electron chi connectivity index (χ2n) is 13.0. The van der Waals surface area contributed by atoms with E-state index in [4.69, 9.17) is 0 Å². The Balaban J connectivity index is 0.000000194. The Morgan fingerprint density at radius 3 is 0.365 bits per heavy atom. The van der Waals surface area contributed by atoms with Gasteiger partial charge >= 0.3 is 51.9 Å². The van der Waals surface area contributed by atoms with Gasteiger partial charge in [-0.05, 0) is 0 Å². The molecule has 0 unspecified atom stereocenters. The molecule has 0 saturated heterocycles. The van der Waals surface area contributed by atoms with Gasteiger partial charge in [-0.15, -0.1) is 0 Å². The second-order valence-corrected chi connectivity index (χ2v) is 13.0. The Morgan fingerprint density at radius 1 is 0.173 bits per heavy atom. The zero-order valence-corrected chi connectivity index (χ0v) is 33.0. The monoisotopic (exact) mass is 768 g/mol. The zero-order chi connectivity index (χ0) is 33.9. The molecule has 0 saturated carbocycles. The maximum absolute atomic E-state index is 2.26. The van der Waals surface area contributed by atoms with Gasteiger partial charge in [-0.1, -0.05) is 243 Å². The second kappa shape index (κ2) is 18.9. The summed E-state index contributed by atoms with van der Waals surface area (Å²) in [7, 11) is 0. The van der Waals surface area contributed by atoms with Crippen molar-refractivity contribution in [3.63, 3.8) is 0 Å². The Kier molecular flexibility index (Phi) is 14.1. The Hall–Kier alpha value is -4.37. The fourth-order valence-electron chi connectivity index (χ4n) is 8.24. The molecule has 8 rings (SSSR count). The molecule has 0 aliphatic heterocycles. The first-order chi connectivity index (χ1) is 24.8. The first-order valence-corrected chi connectivity index (χ1v) is 17.6. The summed E-state index contributed by atoms with van der Waals surface area (Å²) in [5, 5.41) is 0. The third kappa shape index (κ3) is 7.85. The van der Waals surface area contributed by atoms with Crippen LogP contribution in [0.1, 0.15) is 0 Å². The molecule has 8 aromatic carbocycles. The molecule has 0 aliphatic carbocycles. The summed E-state index contributed by atoms with van der Waals surface area (Å²) in [5.74, 6) is 0. The van der Waals surface area contributed by atoms with E-state index in [-0.39, 0.29) is 51.9 Å². The van der Waals surface area contributed by atoms with Crippen LogP contribution in [-0.4, -0.2) is 12.3 Å². The topological polar surface area (TPSA) is 0 Å². The SMILES string of the molecule is [Ag+].[Na+].c1ccc([B-](c2ccccc2)(c2ccccc2)c2ccccc2)cc1.c1ccc([B-](c2ccccc2)(c2ccccc2)c2ccccc2)cc1. The summed E-state index contributed by atoms with van der Waals surface area (Å²) in [4.78, 5) is 0. The van der Waals surface area contributed by atoms with E-state index in [0.29, 0.717) is 0 Å². The van der Waals surface area contributed by atoms with Crippen LogP contribution in [0.25, 0.3) is 0 Å². The number of benzene rings is 8. The van der Waals surface area contributed by atoms with Crippen LogP contribution in [0.2, 0.25) is 0 Å². The summed E-state index contributed by atoms with van der Waals surface area (Å²) in [5.41, 5.74) is 10.7. The molecule has 0 radical (unpaired) electrons. The van der Waals surface area contributed by atoms with Crippen molar-refractivity contribution in [2.75, 3.05) is 0 Å². The first-order valence-electron chi connectivity index (χ1n) is 17.6. The van der Waals surface area contributed by atoms with E-state index in [1.165, 1.54) is 43.7 Å². The molecule has 0 N–H and O–H groups in total. The fraction of sp³-hybridized carbons (Fsp3) is 0. The molecule has 0 amide bonds. The Morgan fingerprint density at radius 2 is 0.269 bits per heavy atom. The summed E-state index contributed by atoms with van der Waals surface area (Å²) in [6.07, 6.45) is -2.43. The standard InChI is InChI=1S/2C24H20B.Ag.Na/c2*1-5-13-21(14-6-1)25(22-15-7-2-8-16-22,23-17-9-3-10-18-23)24-19-11-4-12-20-24;;/h2*1-20H;;/q2*-1;2*+1. The van der Waals surface area contributed by atoms with Gasteiger partial charge in [0.1, 0.15) is 12.3 Å². The van der Waals surface area contributed by atoms with Crippen molar-refractivity contribution in [2.45, 2.75) is 0 Å². The summed E-state index contributed by atoms with van der Waals surface area (Å²) in [6, 6.07) is 87.1. The fourth-order valence-corrected chi connectivity index (χ4v) is 8.24. The van der Waals surface area contributed by atoms with Gasteiger partial charge in [-0.3, -0.25) is 0 Å². The van der Waals surface area contributed by atoms with E-state index < -0.39 is 12.3 Å². The molecule has 0 fully saturated rings. The number of hydrogen-bond acceptors (Lipinski definition) is 0. The van der Waals surface area contributed by atoms with Gasteiger partial charge in [-0.2, -0.15) is 43.7 Å². The molecule has 52 heavy (non-hydrogen) atoms. The van der Waals surface area contributed by atoms with Crippen LogP contribution >= 0.6 is 0 Å². The van der Waals surface area contributed by atoms with E-state index in [1.54, 1.807) is 0 Å². The molecule has 0 bridgehead atoms. The molecule has 0 aliphatic rings. The van der Waals surface area contributed by atoms with Crippen LogP contribution in [0.3, 0.4) is 0 Å². The minimum Gasteiger partial charge on any atom is -0.195 e. The maximum atomic E-state index is 2.26. The maximum Gasteiger partial charge on any atom is 1.00 e. The summed E-state index contributed by atoms with van der Waals surface area (Å²) < 4.78 is 0. The van der Waals surface area contributed by atoms with Crippen molar-refractivity contribution in [2.24, 2.45) is 0 Å². The molecule has 250 valence electrons. The molecule has 0 nitrogen and oxygen atoms in total. The third-order valence-corrected chi connectivity index (χ3v) is 10.4. The van der Waals surface area contributed by atoms with Crippen molar-refractivity contribution < 1.29 is 51.9 Å². The Labute approximate surface area is 347 Å². The molecule has 0 atom stereocenters. The van der Waals surface area contributed by atoms with Crippen molar-refractivity contribution >= 4 is 56.0 Å². The average Bonchev–Trinajstić information content (AvgIpc) is 3.22. The van der Waals surface area contributed by atoms with E-state index in [1.807, 2.05) is 0 Å². The van der Waals surface area contributed by atoms with E-state index in [9.17, 15) is 0 Å². The van der Waals surface area contributed by atoms with E-state index in [2.05, 4.69) is 243 Å². The van der Waals surface area contributed by atoms with Gasteiger partial charge in [0, 0.05) is 0 Å². The van der Waals surface area contributed by atoms with Gasteiger partial charge in [0.05, 0.1) is 0 Å². The minimum atomic E-state index is -1.22. The Bertz CT molecular complexity index is 1680. The van der Waals surface area contributed by atoms with Crippen molar-refractivity contribution in [3.05, 3.63) is 243 Å². The van der Waals surface area contributed by atoms with Crippen LogP contribution in [0, 0.1) is 0 Å². The first kappa shape index (κ1) is 38.9. The number of hydrogen-bond donors (Lipinski definition) is 0. The molecule has 0 spiro atoms. The molecule has 8 aromatic rings.